The van der Waals surface area contributed by atoms with Crippen LogP contribution in [0.25, 0.3) is 0 Å². The van der Waals surface area contributed by atoms with Crippen LogP contribution < -0.4 is 5.32 Å². The number of carbonyl (C=O) groups is 1. The van der Waals surface area contributed by atoms with E-state index in [1.165, 1.54) is 141 Å². The molecule has 0 bridgehead atoms. The van der Waals surface area contributed by atoms with Gasteiger partial charge in [-0.3, -0.25) is 4.79 Å². The molecule has 0 aliphatic carbocycles. The average Bonchev–Trinajstić information content (AvgIpc) is 2.45. The van der Waals surface area contributed by atoms with E-state index in [1.807, 2.05) is 0 Å². The Morgan fingerprint density at radius 3 is 1.20 bits per heavy atom. The average molecular weight is 1240 g/mol. The van der Waals surface area contributed by atoms with Crippen molar-refractivity contribution in [3.8, 4) is 0 Å². The van der Waals surface area contributed by atoms with Crippen molar-refractivity contribution in [2.75, 3.05) is 19.8 Å². The molecule has 0 spiro atoms. The minimum absolute atomic E-state index is 0.208. The van der Waals surface area contributed by atoms with Gasteiger partial charge in [0.25, 0.3) is 0 Å². The molecule has 1 amide bonds. The number of amides is 1. The first-order chi connectivity index (χ1) is 43.1. The third-order valence-corrected chi connectivity index (χ3v) is 16.8. The lowest BCUT2D eigenvalue weighted by molar-refractivity contribution is -0.359. The molecule has 0 radical (unpaired) electrons. The summed E-state index contributed by atoms with van der Waals surface area (Å²) in [5.74, 6) is -0.208. The number of aliphatic hydroxyl groups excluding tert-OH is 8. The summed E-state index contributed by atoms with van der Waals surface area (Å²) in [6.45, 7) is 2.75. The predicted octanol–water partition coefficient (Wildman–Crippen LogP) is 14.6. The van der Waals surface area contributed by atoms with Crippen molar-refractivity contribution in [3.63, 3.8) is 0 Å². The van der Waals surface area contributed by atoms with Crippen LogP contribution in [0.2, 0.25) is 0 Å². The molecule has 12 unspecified atom stereocenters. The first-order valence-electron chi connectivity index (χ1n) is 35.5. The van der Waals surface area contributed by atoms with Crippen LogP contribution in [-0.2, 0) is 23.7 Å². The molecule has 14 heteroatoms. The van der Waals surface area contributed by atoms with Crippen molar-refractivity contribution in [2.24, 2.45) is 0 Å². The number of ether oxygens (including phenoxy) is 4. The second kappa shape index (κ2) is 57.8. The van der Waals surface area contributed by atoms with Gasteiger partial charge in [0.1, 0.15) is 48.8 Å². The van der Waals surface area contributed by atoms with Crippen LogP contribution in [-0.4, -0.2) is 140 Å². The van der Waals surface area contributed by atoms with Crippen molar-refractivity contribution < 1.29 is 64.6 Å². The zero-order valence-electron chi connectivity index (χ0n) is 55.2. The molecule has 2 rings (SSSR count). The lowest BCUT2D eigenvalue weighted by Gasteiger charge is -2.46. The molecule has 12 atom stereocenters. The molecular formula is C74H129NO13. The van der Waals surface area contributed by atoms with E-state index < -0.39 is 86.8 Å². The summed E-state index contributed by atoms with van der Waals surface area (Å²) in [6.07, 6.45) is 64.4. The monoisotopic (exact) mass is 1240 g/mol. The standard InChI is InChI=1S/C74H129NO13/c1-3-5-7-9-11-13-15-17-18-19-20-21-22-23-24-25-26-27-28-29-30-31-32-33-34-35-36-37-38-39-40-41-42-43-44-46-48-50-52-54-56-58-66(79)75-62(63(78)57-55-53-51-49-47-45-16-14-12-10-8-6-4-2)61-85-73-71(84)69(82)72(65(60-77)87-73)88-74-70(83)68(81)67(80)64(59-76)86-74/h5,7,11,13,17-18,20-21,23-24,26-27,29-30,32-33,62-65,67-74,76-78,80-84H,3-4,6,8-10,12,14-16,19,22,25,28,31,34-61H2,1-2H3,(H,75,79)/b7-5-,13-11-,18-17-,21-20-,24-23-,27-26-,30-29-,33-32-. The molecule has 2 aliphatic rings. The van der Waals surface area contributed by atoms with E-state index in [9.17, 15) is 45.6 Å². The Labute approximate surface area is 534 Å². The second-order valence-electron chi connectivity index (χ2n) is 24.6. The number of carbonyl (C=O) groups excluding carboxylic acids is 1. The number of nitrogens with one attached hydrogen (secondary N) is 1. The fraction of sp³-hybridized carbons (Fsp3) is 0.770. The van der Waals surface area contributed by atoms with Gasteiger partial charge in [0.05, 0.1) is 32.0 Å². The Hall–Kier alpha value is -3.09. The Kier molecular flexibility index (Phi) is 53.2. The second-order valence-corrected chi connectivity index (χ2v) is 24.6. The van der Waals surface area contributed by atoms with Gasteiger partial charge in [0, 0.05) is 6.42 Å². The van der Waals surface area contributed by atoms with E-state index in [-0.39, 0.29) is 12.5 Å². The third-order valence-electron chi connectivity index (χ3n) is 16.8. The van der Waals surface area contributed by atoms with Crippen LogP contribution in [0.15, 0.2) is 97.2 Å². The summed E-state index contributed by atoms with van der Waals surface area (Å²) in [7, 11) is 0. The fourth-order valence-corrected chi connectivity index (χ4v) is 11.2. The van der Waals surface area contributed by atoms with Gasteiger partial charge in [-0.1, -0.05) is 284 Å². The highest BCUT2D eigenvalue weighted by atomic mass is 16.7. The van der Waals surface area contributed by atoms with Crippen molar-refractivity contribution >= 4 is 5.91 Å². The summed E-state index contributed by atoms with van der Waals surface area (Å²) >= 11 is 0. The van der Waals surface area contributed by atoms with Gasteiger partial charge in [-0.25, -0.2) is 0 Å². The van der Waals surface area contributed by atoms with E-state index in [0.717, 1.165) is 103 Å². The molecule has 0 aromatic rings. The first-order valence-corrected chi connectivity index (χ1v) is 35.5. The van der Waals surface area contributed by atoms with Gasteiger partial charge in [-0.15, -0.1) is 0 Å². The number of unbranched alkanes of at least 4 members (excludes halogenated alkanes) is 28. The molecule has 9 N–H and O–H groups in total. The topological polar surface area (TPSA) is 228 Å². The van der Waals surface area contributed by atoms with Crippen molar-refractivity contribution in [1.29, 1.82) is 0 Å². The van der Waals surface area contributed by atoms with Gasteiger partial charge >= 0.3 is 0 Å². The Balaban J connectivity index is 1.56. The van der Waals surface area contributed by atoms with E-state index in [0.29, 0.717) is 12.8 Å². The van der Waals surface area contributed by atoms with Crippen LogP contribution >= 0.6 is 0 Å². The van der Waals surface area contributed by atoms with Crippen molar-refractivity contribution in [3.05, 3.63) is 97.2 Å². The van der Waals surface area contributed by atoms with E-state index in [4.69, 9.17) is 18.9 Å². The smallest absolute Gasteiger partial charge is 0.220 e. The van der Waals surface area contributed by atoms with Crippen LogP contribution in [0.1, 0.15) is 271 Å². The Morgan fingerprint density at radius 2 is 0.784 bits per heavy atom. The number of hydrogen-bond donors (Lipinski definition) is 9. The van der Waals surface area contributed by atoms with Crippen LogP contribution in [0.4, 0.5) is 0 Å². The highest BCUT2D eigenvalue weighted by Crippen LogP contribution is 2.30. The summed E-state index contributed by atoms with van der Waals surface area (Å²) in [4.78, 5) is 13.3. The molecule has 2 heterocycles. The molecule has 508 valence electrons. The SMILES string of the molecule is CC/C=C\C/C=C\C/C=C\C/C=C\C/C=C\C/C=C\C/C=C\C/C=C\CCCCCCCCCCCCCCCCCCC(=O)NC(COC1OC(CO)C(OC2OC(CO)C(O)C(O)C2O)C(O)C1O)C(O)CCCCCCCCCCCCCCC. The van der Waals surface area contributed by atoms with Crippen LogP contribution in [0, 0.1) is 0 Å². The van der Waals surface area contributed by atoms with Gasteiger partial charge in [-0.05, 0) is 77.0 Å². The molecule has 2 aliphatic heterocycles. The lowest BCUT2D eigenvalue weighted by atomic mass is 9.97. The molecule has 14 nitrogen and oxygen atoms in total. The van der Waals surface area contributed by atoms with Gasteiger partial charge in [0.15, 0.2) is 12.6 Å². The molecule has 88 heavy (non-hydrogen) atoms. The molecule has 2 saturated heterocycles. The highest BCUT2D eigenvalue weighted by Gasteiger charge is 2.51. The third kappa shape index (κ3) is 41.4. The zero-order valence-corrected chi connectivity index (χ0v) is 55.2. The number of rotatable bonds is 57. The van der Waals surface area contributed by atoms with Crippen LogP contribution in [0.3, 0.4) is 0 Å². The number of allylic oxidation sites excluding steroid dienone is 16. The predicted molar refractivity (Wildman–Crippen MR) is 359 cm³/mol. The minimum Gasteiger partial charge on any atom is -0.394 e. The summed E-state index contributed by atoms with van der Waals surface area (Å²) < 4.78 is 22.9. The largest absolute Gasteiger partial charge is 0.394 e. The molecule has 2 fully saturated rings. The maximum absolute atomic E-state index is 13.3. The maximum Gasteiger partial charge on any atom is 0.220 e. The lowest BCUT2D eigenvalue weighted by Crippen LogP contribution is -2.65. The maximum atomic E-state index is 13.3. The Morgan fingerprint density at radius 1 is 0.420 bits per heavy atom. The number of aliphatic hydroxyl groups is 8. The van der Waals surface area contributed by atoms with Crippen LogP contribution in [0.5, 0.6) is 0 Å². The normalized spacial score (nSPS) is 23.8. The van der Waals surface area contributed by atoms with Gasteiger partial charge in [0.2, 0.25) is 5.91 Å². The summed E-state index contributed by atoms with van der Waals surface area (Å²) in [5, 5.41) is 87.4. The number of hydrogen-bond acceptors (Lipinski definition) is 13. The van der Waals surface area contributed by atoms with E-state index in [2.05, 4.69) is 116 Å². The van der Waals surface area contributed by atoms with Crippen molar-refractivity contribution in [1.82, 2.24) is 5.32 Å². The zero-order chi connectivity index (χ0) is 63.8. The quantitative estimate of drug-likeness (QED) is 0.0204. The summed E-state index contributed by atoms with van der Waals surface area (Å²) in [6, 6.07) is -0.832. The molecule has 0 aromatic carbocycles. The molecule has 0 saturated carbocycles. The highest BCUT2D eigenvalue weighted by molar-refractivity contribution is 5.76. The summed E-state index contributed by atoms with van der Waals surface area (Å²) in [5.41, 5.74) is 0. The minimum atomic E-state index is -1.78. The van der Waals surface area contributed by atoms with E-state index in [1.54, 1.807) is 0 Å². The van der Waals surface area contributed by atoms with Gasteiger partial charge in [-0.2, -0.15) is 0 Å². The molecular weight excluding hydrogens is 1110 g/mol. The van der Waals surface area contributed by atoms with E-state index >= 15 is 0 Å². The fourth-order valence-electron chi connectivity index (χ4n) is 11.2. The Bertz CT molecular complexity index is 1850. The molecule has 0 aromatic heterocycles. The van der Waals surface area contributed by atoms with Crippen molar-refractivity contribution in [2.45, 2.75) is 344 Å². The van der Waals surface area contributed by atoms with Gasteiger partial charge < -0.3 is 65.1 Å². The first kappa shape index (κ1) is 81.0.